The minimum atomic E-state index is -0.105. The highest BCUT2D eigenvalue weighted by Gasteiger charge is 2.25. The summed E-state index contributed by atoms with van der Waals surface area (Å²) >= 11 is 0. The zero-order valence-corrected chi connectivity index (χ0v) is 12.2. The molecule has 3 aromatic rings. The maximum absolute atomic E-state index is 12.6. The molecular weight excluding hydrogens is 278 g/mol. The van der Waals surface area contributed by atoms with Crippen molar-refractivity contribution in [3.8, 4) is 17.2 Å². The Labute approximate surface area is 127 Å². The minimum absolute atomic E-state index is 0.105. The fourth-order valence-corrected chi connectivity index (χ4v) is 2.71. The summed E-state index contributed by atoms with van der Waals surface area (Å²) in [6.07, 6.45) is 0. The highest BCUT2D eigenvalue weighted by Crippen LogP contribution is 2.50. The van der Waals surface area contributed by atoms with E-state index in [9.17, 15) is 4.79 Å². The van der Waals surface area contributed by atoms with Gasteiger partial charge in [0.2, 0.25) is 0 Å². The van der Waals surface area contributed by atoms with Gasteiger partial charge in [-0.25, -0.2) is 0 Å². The van der Waals surface area contributed by atoms with Crippen molar-refractivity contribution in [1.82, 2.24) is 4.57 Å². The Kier molecular flexibility index (Phi) is 2.89. The standard InChI is InChI=1S/C18H15NO3/c1-2-19-14-8-9-15-17(22-15)13(14)10-16(18(19)20)21-11-12-6-4-3-5-7-12/h3-10H,2,11H2,1H3. The van der Waals surface area contributed by atoms with E-state index in [-0.39, 0.29) is 5.56 Å². The average molecular weight is 293 g/mol. The third-order valence-corrected chi connectivity index (χ3v) is 3.88. The zero-order valence-electron chi connectivity index (χ0n) is 12.2. The number of aromatic nitrogens is 1. The van der Waals surface area contributed by atoms with Crippen LogP contribution in [0.15, 0.2) is 53.3 Å². The number of rotatable bonds is 4. The Morgan fingerprint density at radius 1 is 1.14 bits per heavy atom. The van der Waals surface area contributed by atoms with Gasteiger partial charge in [0.1, 0.15) is 6.61 Å². The molecule has 0 bridgehead atoms. The van der Waals surface area contributed by atoms with Crippen molar-refractivity contribution in [3.63, 3.8) is 0 Å². The van der Waals surface area contributed by atoms with Gasteiger partial charge in [-0.3, -0.25) is 4.79 Å². The lowest BCUT2D eigenvalue weighted by Crippen LogP contribution is -2.21. The lowest BCUT2D eigenvalue weighted by molar-refractivity contribution is 0.300. The first-order valence-corrected chi connectivity index (χ1v) is 7.33. The van der Waals surface area contributed by atoms with Gasteiger partial charge in [-0.1, -0.05) is 30.3 Å². The topological polar surface area (TPSA) is 43.8 Å². The molecule has 1 aromatic heterocycles. The van der Waals surface area contributed by atoms with Crippen LogP contribution in [0.25, 0.3) is 10.9 Å². The summed E-state index contributed by atoms with van der Waals surface area (Å²) in [7, 11) is 0. The van der Waals surface area contributed by atoms with Gasteiger partial charge in [-0.15, -0.1) is 0 Å². The number of aryl methyl sites for hydroxylation is 1. The number of hydrogen-bond donors (Lipinski definition) is 0. The number of fused-ring (bicyclic) bond motifs is 3. The van der Waals surface area contributed by atoms with E-state index in [4.69, 9.17) is 9.47 Å². The van der Waals surface area contributed by atoms with Crippen molar-refractivity contribution < 1.29 is 9.47 Å². The predicted molar refractivity (Wildman–Crippen MR) is 84.7 cm³/mol. The first-order valence-electron chi connectivity index (χ1n) is 7.33. The van der Waals surface area contributed by atoms with Crippen molar-refractivity contribution in [2.45, 2.75) is 20.1 Å². The zero-order chi connectivity index (χ0) is 15.1. The Hall–Kier alpha value is -2.75. The van der Waals surface area contributed by atoms with Crippen molar-refractivity contribution in [1.29, 1.82) is 0 Å². The minimum Gasteiger partial charge on any atom is -0.483 e. The summed E-state index contributed by atoms with van der Waals surface area (Å²) in [6.45, 7) is 2.92. The number of pyridine rings is 1. The van der Waals surface area contributed by atoms with Gasteiger partial charge in [-0.05, 0) is 30.7 Å². The molecule has 1 aliphatic rings. The normalized spacial score (nSPS) is 11.9. The number of benzene rings is 2. The lowest BCUT2D eigenvalue weighted by Gasteiger charge is -2.11. The van der Waals surface area contributed by atoms with Crippen LogP contribution in [-0.4, -0.2) is 4.57 Å². The first-order chi connectivity index (χ1) is 10.8. The lowest BCUT2D eigenvalue weighted by atomic mass is 10.2. The Morgan fingerprint density at radius 2 is 1.95 bits per heavy atom. The van der Waals surface area contributed by atoms with E-state index in [1.807, 2.05) is 49.4 Å². The SMILES string of the molecule is CCn1c(=O)c(OCc2ccccc2)cc2c3c(ccc21)O3. The maximum atomic E-state index is 12.6. The van der Waals surface area contributed by atoms with Crippen molar-refractivity contribution in [2.24, 2.45) is 0 Å². The van der Waals surface area contributed by atoms with E-state index in [2.05, 4.69) is 0 Å². The summed E-state index contributed by atoms with van der Waals surface area (Å²) in [5, 5.41) is 0.932. The fraction of sp³-hybridized carbons (Fsp3) is 0.167. The second-order valence-corrected chi connectivity index (χ2v) is 5.26. The molecule has 0 unspecified atom stereocenters. The van der Waals surface area contributed by atoms with Crippen LogP contribution in [0.3, 0.4) is 0 Å². The van der Waals surface area contributed by atoms with E-state index < -0.39 is 0 Å². The van der Waals surface area contributed by atoms with Gasteiger partial charge < -0.3 is 14.0 Å². The van der Waals surface area contributed by atoms with Crippen LogP contribution >= 0.6 is 0 Å². The van der Waals surface area contributed by atoms with Gasteiger partial charge in [-0.2, -0.15) is 0 Å². The summed E-state index contributed by atoms with van der Waals surface area (Å²) in [5.41, 5.74) is 1.81. The Morgan fingerprint density at radius 3 is 2.73 bits per heavy atom. The van der Waals surface area contributed by atoms with Crippen LogP contribution < -0.4 is 15.0 Å². The van der Waals surface area contributed by atoms with Gasteiger partial charge in [0, 0.05) is 11.9 Å². The predicted octanol–water partition coefficient (Wildman–Crippen LogP) is 3.71. The Balaban J connectivity index is 1.76. The molecule has 110 valence electrons. The van der Waals surface area contributed by atoms with E-state index >= 15 is 0 Å². The fourth-order valence-electron chi connectivity index (χ4n) is 2.71. The summed E-state index contributed by atoms with van der Waals surface area (Å²) < 4.78 is 12.9. The second kappa shape index (κ2) is 4.91. The van der Waals surface area contributed by atoms with Gasteiger partial charge in [0.05, 0.1) is 5.52 Å². The van der Waals surface area contributed by atoms with Gasteiger partial charge in [0.25, 0.3) is 5.56 Å². The van der Waals surface area contributed by atoms with Crippen LogP contribution in [0.5, 0.6) is 17.2 Å². The van der Waals surface area contributed by atoms with Crippen molar-refractivity contribution in [2.75, 3.05) is 0 Å². The first kappa shape index (κ1) is 13.0. The van der Waals surface area contributed by atoms with E-state index in [0.717, 1.165) is 28.0 Å². The molecule has 0 radical (unpaired) electrons. The third kappa shape index (κ3) is 2.04. The van der Waals surface area contributed by atoms with Crippen molar-refractivity contribution >= 4 is 10.9 Å². The smallest absolute Gasteiger partial charge is 0.293 e. The highest BCUT2D eigenvalue weighted by atomic mass is 16.6. The molecule has 4 heteroatoms. The summed E-state index contributed by atoms with van der Waals surface area (Å²) in [5.74, 6) is 2.09. The molecule has 0 saturated heterocycles. The summed E-state index contributed by atoms with van der Waals surface area (Å²) in [4.78, 5) is 12.6. The average Bonchev–Trinajstić information content (AvgIpc) is 3.34. The van der Waals surface area contributed by atoms with Crippen LogP contribution in [0.4, 0.5) is 0 Å². The molecule has 0 spiro atoms. The molecule has 0 fully saturated rings. The molecule has 4 rings (SSSR count). The Bertz CT molecular complexity index is 913. The molecule has 2 aromatic carbocycles. The number of nitrogens with zero attached hydrogens (tertiary/aromatic N) is 1. The molecule has 0 aliphatic carbocycles. The second-order valence-electron chi connectivity index (χ2n) is 5.26. The van der Waals surface area contributed by atoms with E-state index in [1.54, 1.807) is 10.6 Å². The van der Waals surface area contributed by atoms with Crippen LogP contribution in [-0.2, 0) is 13.2 Å². The molecule has 2 heterocycles. The molecule has 0 atom stereocenters. The van der Waals surface area contributed by atoms with Crippen molar-refractivity contribution in [3.05, 3.63) is 64.4 Å². The molecular formula is C18H15NO3. The number of hydrogen-bond acceptors (Lipinski definition) is 3. The molecule has 22 heavy (non-hydrogen) atoms. The van der Waals surface area contributed by atoms with Crippen LogP contribution in [0.2, 0.25) is 0 Å². The van der Waals surface area contributed by atoms with Gasteiger partial charge in [0.15, 0.2) is 17.2 Å². The molecule has 0 N–H and O–H groups in total. The maximum Gasteiger partial charge on any atom is 0.293 e. The number of ether oxygens (including phenoxy) is 2. The molecule has 0 amide bonds. The van der Waals surface area contributed by atoms with E-state index in [1.165, 1.54) is 0 Å². The molecule has 0 saturated carbocycles. The third-order valence-electron chi connectivity index (χ3n) is 3.88. The van der Waals surface area contributed by atoms with E-state index in [0.29, 0.717) is 18.9 Å². The summed E-state index contributed by atoms with van der Waals surface area (Å²) in [6, 6.07) is 15.4. The molecule has 4 nitrogen and oxygen atoms in total. The van der Waals surface area contributed by atoms with Crippen LogP contribution in [0.1, 0.15) is 12.5 Å². The quantitative estimate of drug-likeness (QED) is 0.539. The largest absolute Gasteiger partial charge is 0.483 e. The molecule has 1 aliphatic heterocycles. The highest BCUT2D eigenvalue weighted by molar-refractivity contribution is 5.93. The van der Waals surface area contributed by atoms with Crippen LogP contribution in [0, 0.1) is 0 Å². The monoisotopic (exact) mass is 293 g/mol. The van der Waals surface area contributed by atoms with Gasteiger partial charge >= 0.3 is 0 Å².